The van der Waals surface area contributed by atoms with Crippen molar-refractivity contribution in [2.45, 2.75) is 13.8 Å². The van der Waals surface area contributed by atoms with Gasteiger partial charge < -0.3 is 9.84 Å². The van der Waals surface area contributed by atoms with Gasteiger partial charge in [0.05, 0.1) is 23.0 Å². The van der Waals surface area contributed by atoms with Crippen LogP contribution in [0.15, 0.2) is 27.1 Å². The van der Waals surface area contributed by atoms with E-state index in [4.69, 9.17) is 4.74 Å². The highest BCUT2D eigenvalue weighted by Gasteiger charge is 2.08. The van der Waals surface area contributed by atoms with Crippen LogP contribution in [0.25, 0.3) is 0 Å². The Labute approximate surface area is 129 Å². The molecule has 0 aliphatic carbocycles. The van der Waals surface area contributed by atoms with Gasteiger partial charge in [-0.1, -0.05) is 0 Å². The molecule has 0 atom stereocenters. The van der Waals surface area contributed by atoms with E-state index in [1.165, 1.54) is 11.3 Å². The summed E-state index contributed by atoms with van der Waals surface area (Å²) in [6.07, 6.45) is 1.64. The number of halogens is 1. The van der Waals surface area contributed by atoms with Gasteiger partial charge in [-0.2, -0.15) is 5.10 Å². The molecule has 2 rings (SSSR count). The van der Waals surface area contributed by atoms with E-state index >= 15 is 0 Å². The highest BCUT2D eigenvalue weighted by Crippen LogP contribution is 2.35. The van der Waals surface area contributed by atoms with Crippen LogP contribution >= 0.6 is 27.3 Å². The number of aryl methyl sites for hydroxylation is 1. The van der Waals surface area contributed by atoms with Crippen molar-refractivity contribution in [3.63, 3.8) is 0 Å². The number of hydrogen-bond acceptors (Lipinski definition) is 6. The van der Waals surface area contributed by atoms with E-state index in [0.717, 1.165) is 16.4 Å². The maximum absolute atomic E-state index is 9.82. The van der Waals surface area contributed by atoms with Gasteiger partial charge in [0.2, 0.25) is 5.13 Å². The van der Waals surface area contributed by atoms with E-state index in [-0.39, 0.29) is 5.75 Å². The molecule has 0 radical (unpaired) electrons. The fraction of sp³-hybridized carbons (Fsp3) is 0.231. The zero-order valence-corrected chi connectivity index (χ0v) is 13.5. The third-order valence-electron chi connectivity index (χ3n) is 2.34. The number of nitrogens with zero attached hydrogens (tertiary/aromatic N) is 2. The van der Waals surface area contributed by atoms with Crippen LogP contribution < -0.4 is 10.2 Å². The Morgan fingerprint density at radius 1 is 1.55 bits per heavy atom. The maximum Gasteiger partial charge on any atom is 0.203 e. The van der Waals surface area contributed by atoms with Crippen LogP contribution in [-0.2, 0) is 0 Å². The first-order valence-corrected chi connectivity index (χ1v) is 7.64. The molecular weight excluding hydrogens is 342 g/mol. The molecule has 5 nitrogen and oxygen atoms in total. The van der Waals surface area contributed by atoms with Crippen LogP contribution in [0.3, 0.4) is 0 Å². The van der Waals surface area contributed by atoms with Crippen LogP contribution in [0.1, 0.15) is 18.2 Å². The van der Waals surface area contributed by atoms with Crippen molar-refractivity contribution in [2.24, 2.45) is 5.10 Å². The number of thiazole rings is 1. The molecule has 1 aromatic carbocycles. The molecule has 2 aromatic rings. The minimum absolute atomic E-state index is 0.0903. The highest BCUT2D eigenvalue weighted by molar-refractivity contribution is 9.10. The summed E-state index contributed by atoms with van der Waals surface area (Å²) in [5.74, 6) is 0.515. The summed E-state index contributed by atoms with van der Waals surface area (Å²) >= 11 is 4.78. The van der Waals surface area contributed by atoms with Crippen LogP contribution in [-0.4, -0.2) is 22.9 Å². The lowest BCUT2D eigenvalue weighted by Gasteiger charge is -2.08. The first-order chi connectivity index (χ1) is 9.60. The van der Waals surface area contributed by atoms with E-state index in [1.807, 2.05) is 19.2 Å². The smallest absolute Gasteiger partial charge is 0.203 e. The zero-order valence-electron chi connectivity index (χ0n) is 11.1. The highest BCUT2D eigenvalue weighted by atomic mass is 79.9. The molecule has 0 spiro atoms. The number of rotatable bonds is 5. The Hall–Kier alpha value is -1.60. The third kappa shape index (κ3) is 3.71. The molecule has 106 valence electrons. The summed E-state index contributed by atoms with van der Waals surface area (Å²) in [6.45, 7) is 4.27. The number of aromatic hydroxyl groups is 1. The fourth-order valence-corrected chi connectivity index (χ4v) is 2.60. The molecule has 1 heterocycles. The van der Waals surface area contributed by atoms with Gasteiger partial charge in [0.1, 0.15) is 0 Å². The molecule has 1 aromatic heterocycles. The first-order valence-electron chi connectivity index (χ1n) is 5.96. The Morgan fingerprint density at radius 3 is 3.00 bits per heavy atom. The summed E-state index contributed by atoms with van der Waals surface area (Å²) < 4.78 is 5.92. The van der Waals surface area contributed by atoms with Crippen molar-refractivity contribution in [1.29, 1.82) is 0 Å². The normalized spacial score (nSPS) is 10.9. The molecule has 0 amide bonds. The van der Waals surface area contributed by atoms with Crippen molar-refractivity contribution < 1.29 is 9.84 Å². The molecule has 0 saturated carbocycles. The van der Waals surface area contributed by atoms with Gasteiger partial charge in [0.15, 0.2) is 11.5 Å². The molecule has 0 aliphatic heterocycles. The van der Waals surface area contributed by atoms with Crippen molar-refractivity contribution in [3.05, 3.63) is 33.2 Å². The Bertz CT molecular complexity index is 628. The number of hydrogen-bond donors (Lipinski definition) is 2. The van der Waals surface area contributed by atoms with Crippen LogP contribution in [0, 0.1) is 6.92 Å². The standard InChI is InChI=1S/C13H14BrN3O2S/c1-3-19-11-5-9(4-10(14)12(11)18)6-15-17-13-16-8(2)7-20-13/h4-7,18H,3H2,1-2H3,(H,16,17). The number of phenolic OH excluding ortho intramolecular Hbond substituents is 1. The van der Waals surface area contributed by atoms with Gasteiger partial charge in [-0.05, 0) is 47.5 Å². The number of anilines is 1. The van der Waals surface area contributed by atoms with Gasteiger partial charge in [0, 0.05) is 5.38 Å². The van der Waals surface area contributed by atoms with E-state index in [2.05, 4.69) is 31.4 Å². The number of hydrazone groups is 1. The lowest BCUT2D eigenvalue weighted by Crippen LogP contribution is -1.95. The number of benzene rings is 1. The van der Waals surface area contributed by atoms with Crippen molar-refractivity contribution in [2.75, 3.05) is 12.0 Å². The van der Waals surface area contributed by atoms with Gasteiger partial charge >= 0.3 is 0 Å². The third-order valence-corrected chi connectivity index (χ3v) is 3.81. The lowest BCUT2D eigenvalue weighted by molar-refractivity contribution is 0.317. The summed E-state index contributed by atoms with van der Waals surface area (Å²) in [5, 5.41) is 16.6. The summed E-state index contributed by atoms with van der Waals surface area (Å²) in [6, 6.07) is 3.48. The van der Waals surface area contributed by atoms with E-state index in [9.17, 15) is 5.11 Å². The minimum Gasteiger partial charge on any atom is -0.503 e. The minimum atomic E-state index is 0.0903. The second kappa shape index (κ2) is 6.71. The van der Waals surface area contributed by atoms with Crippen molar-refractivity contribution >= 4 is 38.6 Å². The van der Waals surface area contributed by atoms with Crippen LogP contribution in [0.2, 0.25) is 0 Å². The molecule has 20 heavy (non-hydrogen) atoms. The summed E-state index contributed by atoms with van der Waals surface area (Å²) in [5.41, 5.74) is 4.62. The van der Waals surface area contributed by atoms with Crippen LogP contribution in [0.4, 0.5) is 5.13 Å². The molecule has 2 N–H and O–H groups in total. The predicted molar refractivity (Wildman–Crippen MR) is 85.0 cm³/mol. The second-order valence-corrected chi connectivity index (χ2v) is 5.66. The number of ether oxygens (including phenoxy) is 1. The van der Waals surface area contributed by atoms with Gasteiger partial charge in [-0.3, -0.25) is 5.43 Å². The molecule has 0 unspecified atom stereocenters. The second-order valence-electron chi connectivity index (χ2n) is 3.95. The molecule has 7 heteroatoms. The largest absolute Gasteiger partial charge is 0.503 e. The van der Waals surface area contributed by atoms with E-state index in [1.54, 1.807) is 18.3 Å². The van der Waals surface area contributed by atoms with Gasteiger partial charge in [0.25, 0.3) is 0 Å². The first kappa shape index (κ1) is 14.8. The van der Waals surface area contributed by atoms with Crippen molar-refractivity contribution in [3.8, 4) is 11.5 Å². The molecular formula is C13H14BrN3O2S. The monoisotopic (exact) mass is 355 g/mol. The number of aromatic nitrogens is 1. The Kier molecular flexibility index (Phi) is 4.97. The quantitative estimate of drug-likeness (QED) is 0.632. The number of phenols is 1. The van der Waals surface area contributed by atoms with Crippen molar-refractivity contribution in [1.82, 2.24) is 4.98 Å². The molecule has 0 bridgehead atoms. The SMILES string of the molecule is CCOc1cc(C=NNc2nc(C)cs2)cc(Br)c1O. The summed E-state index contributed by atoms with van der Waals surface area (Å²) in [7, 11) is 0. The maximum atomic E-state index is 9.82. The fourth-order valence-electron chi connectivity index (χ4n) is 1.50. The predicted octanol–water partition coefficient (Wildman–Crippen LogP) is 3.76. The zero-order chi connectivity index (χ0) is 14.5. The van der Waals surface area contributed by atoms with Gasteiger partial charge in [-0.15, -0.1) is 11.3 Å². The molecule has 0 aliphatic rings. The van der Waals surface area contributed by atoms with Crippen LogP contribution in [0.5, 0.6) is 11.5 Å². The van der Waals surface area contributed by atoms with E-state index < -0.39 is 0 Å². The van der Waals surface area contributed by atoms with Gasteiger partial charge in [-0.25, -0.2) is 4.98 Å². The molecule has 0 fully saturated rings. The lowest BCUT2D eigenvalue weighted by atomic mass is 10.2. The Morgan fingerprint density at radius 2 is 2.35 bits per heavy atom. The van der Waals surface area contributed by atoms with E-state index in [0.29, 0.717) is 16.8 Å². The topological polar surface area (TPSA) is 66.7 Å². The average Bonchev–Trinajstić information content (AvgIpc) is 2.81. The number of nitrogens with one attached hydrogen (secondary N) is 1. The average molecular weight is 356 g/mol. The Balaban J connectivity index is 2.12. The molecule has 0 saturated heterocycles. The summed E-state index contributed by atoms with van der Waals surface area (Å²) in [4.78, 5) is 4.24.